The van der Waals surface area contributed by atoms with Crippen molar-refractivity contribution >= 4 is 29.1 Å². The number of anilines is 1. The van der Waals surface area contributed by atoms with Crippen molar-refractivity contribution in [3.8, 4) is 5.75 Å². The van der Waals surface area contributed by atoms with Crippen molar-refractivity contribution < 1.29 is 31.9 Å². The van der Waals surface area contributed by atoms with Gasteiger partial charge in [0, 0.05) is 13.1 Å². The summed E-state index contributed by atoms with van der Waals surface area (Å²) in [5, 5.41) is 2.99. The summed E-state index contributed by atoms with van der Waals surface area (Å²) in [5.41, 5.74) is 0.636. The Labute approximate surface area is 216 Å². The number of nitrogens with one attached hydrogen (secondary N) is 1. The van der Waals surface area contributed by atoms with E-state index in [0.717, 1.165) is 17.2 Å². The zero-order valence-electron chi connectivity index (χ0n) is 19.7. The molecule has 5 nitrogen and oxygen atoms in total. The standard InChI is InChI=1S/C27H23ClF4N2O3/c1-16(37-19-5-3-2-4-6-19)26(36)34-12-11-20-18(15-34)8-10-22(28)25(20)33-24(35)14-17-7-9-21(23(29)13-17)27(30,31)32/h2-10,13,16H,11-12,14-15H2,1H3,(H,33,35). The first-order valence-corrected chi connectivity index (χ1v) is 11.9. The molecule has 1 unspecified atom stereocenters. The normalized spacial score (nSPS) is 14.1. The van der Waals surface area contributed by atoms with Crippen molar-refractivity contribution in [3.63, 3.8) is 0 Å². The fourth-order valence-electron chi connectivity index (χ4n) is 4.23. The first-order valence-electron chi connectivity index (χ1n) is 11.5. The van der Waals surface area contributed by atoms with Gasteiger partial charge in [0.05, 0.1) is 22.7 Å². The van der Waals surface area contributed by atoms with Crippen LogP contribution in [0.5, 0.6) is 5.75 Å². The summed E-state index contributed by atoms with van der Waals surface area (Å²) in [4.78, 5) is 27.3. The number of ether oxygens (including phenoxy) is 1. The monoisotopic (exact) mass is 534 g/mol. The van der Waals surface area contributed by atoms with Gasteiger partial charge < -0.3 is 15.0 Å². The third-order valence-electron chi connectivity index (χ3n) is 6.04. The molecule has 3 aromatic carbocycles. The van der Waals surface area contributed by atoms with Crippen LogP contribution in [0.15, 0.2) is 60.7 Å². The second kappa shape index (κ2) is 10.8. The third-order valence-corrected chi connectivity index (χ3v) is 6.35. The van der Waals surface area contributed by atoms with Crippen LogP contribution < -0.4 is 10.1 Å². The maximum atomic E-state index is 13.9. The fourth-order valence-corrected chi connectivity index (χ4v) is 4.45. The zero-order chi connectivity index (χ0) is 26.7. The predicted octanol–water partition coefficient (Wildman–Crippen LogP) is 6.03. The molecule has 0 spiro atoms. The average Bonchev–Trinajstić information content (AvgIpc) is 2.85. The molecule has 1 heterocycles. The lowest BCUT2D eigenvalue weighted by atomic mass is 9.97. The first kappa shape index (κ1) is 26.5. The van der Waals surface area contributed by atoms with E-state index in [1.807, 2.05) is 18.2 Å². The number of carbonyl (C=O) groups is 2. The second-order valence-electron chi connectivity index (χ2n) is 8.68. The van der Waals surface area contributed by atoms with Gasteiger partial charge in [0.25, 0.3) is 5.91 Å². The Bertz CT molecular complexity index is 1310. The molecular formula is C27H23ClF4N2O3. The number of amides is 2. The molecule has 1 N–H and O–H groups in total. The van der Waals surface area contributed by atoms with Crippen LogP contribution >= 0.6 is 11.6 Å². The molecule has 2 amide bonds. The van der Waals surface area contributed by atoms with Crippen LogP contribution in [0.1, 0.15) is 29.2 Å². The van der Waals surface area contributed by atoms with Crippen LogP contribution in [0, 0.1) is 5.82 Å². The number of carbonyl (C=O) groups excluding carboxylic acids is 2. The van der Waals surface area contributed by atoms with Crippen LogP contribution in [-0.4, -0.2) is 29.4 Å². The molecule has 37 heavy (non-hydrogen) atoms. The number of para-hydroxylation sites is 1. The molecule has 194 valence electrons. The second-order valence-corrected chi connectivity index (χ2v) is 9.09. The van der Waals surface area contributed by atoms with Gasteiger partial charge >= 0.3 is 6.18 Å². The Balaban J connectivity index is 1.44. The van der Waals surface area contributed by atoms with E-state index in [2.05, 4.69) is 5.32 Å². The first-order chi connectivity index (χ1) is 17.5. The molecule has 0 aliphatic carbocycles. The van der Waals surface area contributed by atoms with Gasteiger partial charge in [-0.05, 0) is 60.4 Å². The Morgan fingerprint density at radius 3 is 2.51 bits per heavy atom. The number of fused-ring (bicyclic) bond motifs is 1. The topological polar surface area (TPSA) is 58.6 Å². The summed E-state index contributed by atoms with van der Waals surface area (Å²) in [5.74, 6) is -1.59. The molecule has 0 fully saturated rings. The highest BCUT2D eigenvalue weighted by molar-refractivity contribution is 6.34. The summed E-state index contributed by atoms with van der Waals surface area (Å²) in [6.07, 6.45) is -5.43. The van der Waals surface area contributed by atoms with Crippen molar-refractivity contribution in [2.24, 2.45) is 0 Å². The minimum Gasteiger partial charge on any atom is -0.481 e. The van der Waals surface area contributed by atoms with E-state index in [9.17, 15) is 27.2 Å². The molecule has 4 rings (SSSR count). The number of rotatable bonds is 6. The van der Waals surface area contributed by atoms with Gasteiger partial charge in [0.1, 0.15) is 11.6 Å². The quantitative estimate of drug-likeness (QED) is 0.393. The average molecular weight is 535 g/mol. The lowest BCUT2D eigenvalue weighted by molar-refractivity contribution is -0.140. The molecule has 0 radical (unpaired) electrons. The molecule has 3 aromatic rings. The van der Waals surface area contributed by atoms with Gasteiger partial charge in [-0.1, -0.05) is 41.9 Å². The van der Waals surface area contributed by atoms with E-state index in [4.69, 9.17) is 16.3 Å². The van der Waals surface area contributed by atoms with Crippen molar-refractivity contribution in [2.45, 2.75) is 38.6 Å². The lowest BCUT2D eigenvalue weighted by Crippen LogP contribution is -2.43. The molecule has 0 saturated carbocycles. The van der Waals surface area contributed by atoms with E-state index in [-0.39, 0.29) is 22.9 Å². The summed E-state index contributed by atoms with van der Waals surface area (Å²) >= 11 is 6.34. The maximum Gasteiger partial charge on any atom is 0.419 e. The highest BCUT2D eigenvalue weighted by atomic mass is 35.5. The summed E-state index contributed by atoms with van der Waals surface area (Å²) in [7, 11) is 0. The fraction of sp³-hybridized carbons (Fsp3) is 0.259. The number of benzene rings is 3. The van der Waals surface area contributed by atoms with Crippen LogP contribution in [0.25, 0.3) is 0 Å². The SMILES string of the molecule is CC(Oc1ccccc1)C(=O)N1CCc2c(ccc(Cl)c2NC(=O)Cc2ccc(C(F)(F)F)c(F)c2)C1. The molecule has 1 aliphatic heterocycles. The summed E-state index contributed by atoms with van der Waals surface area (Å²) in [6.45, 7) is 2.35. The van der Waals surface area contributed by atoms with Gasteiger partial charge in [-0.25, -0.2) is 4.39 Å². The van der Waals surface area contributed by atoms with Crippen LogP contribution in [0.3, 0.4) is 0 Å². The number of hydrogen-bond donors (Lipinski definition) is 1. The van der Waals surface area contributed by atoms with Crippen molar-refractivity contribution in [1.82, 2.24) is 4.90 Å². The van der Waals surface area contributed by atoms with Crippen molar-refractivity contribution in [3.05, 3.63) is 93.8 Å². The summed E-state index contributed by atoms with van der Waals surface area (Å²) in [6, 6.07) is 14.8. The molecular weight excluding hydrogens is 512 g/mol. The van der Waals surface area contributed by atoms with E-state index in [0.29, 0.717) is 43.1 Å². The third kappa shape index (κ3) is 6.22. The largest absolute Gasteiger partial charge is 0.481 e. The number of halogens is 5. The number of nitrogens with zero attached hydrogens (tertiary/aromatic N) is 1. The molecule has 0 bridgehead atoms. The Morgan fingerprint density at radius 2 is 1.84 bits per heavy atom. The Hall–Kier alpha value is -3.59. The van der Waals surface area contributed by atoms with Crippen LogP contribution in [0.4, 0.5) is 23.2 Å². The number of hydrogen-bond acceptors (Lipinski definition) is 3. The van der Waals surface area contributed by atoms with E-state index in [1.54, 1.807) is 36.1 Å². The van der Waals surface area contributed by atoms with E-state index in [1.165, 1.54) is 0 Å². The van der Waals surface area contributed by atoms with Gasteiger partial charge in [-0.2, -0.15) is 13.2 Å². The zero-order valence-corrected chi connectivity index (χ0v) is 20.5. The molecule has 1 atom stereocenters. The van der Waals surface area contributed by atoms with Gasteiger partial charge in [0.15, 0.2) is 6.10 Å². The maximum absolute atomic E-state index is 13.9. The van der Waals surface area contributed by atoms with E-state index < -0.39 is 29.6 Å². The van der Waals surface area contributed by atoms with E-state index >= 15 is 0 Å². The highest BCUT2D eigenvalue weighted by Crippen LogP contribution is 2.34. The smallest absolute Gasteiger partial charge is 0.419 e. The Kier molecular flexibility index (Phi) is 7.73. The number of alkyl halides is 3. The minimum atomic E-state index is -4.82. The summed E-state index contributed by atoms with van der Waals surface area (Å²) < 4.78 is 58.0. The van der Waals surface area contributed by atoms with Gasteiger partial charge in [-0.3, -0.25) is 9.59 Å². The molecule has 10 heteroatoms. The van der Waals surface area contributed by atoms with Crippen molar-refractivity contribution in [1.29, 1.82) is 0 Å². The molecule has 0 saturated heterocycles. The van der Waals surface area contributed by atoms with Crippen LogP contribution in [0.2, 0.25) is 5.02 Å². The minimum absolute atomic E-state index is 0.0908. The predicted molar refractivity (Wildman–Crippen MR) is 131 cm³/mol. The van der Waals surface area contributed by atoms with Gasteiger partial charge in [-0.15, -0.1) is 0 Å². The van der Waals surface area contributed by atoms with Crippen molar-refractivity contribution in [2.75, 3.05) is 11.9 Å². The molecule has 0 aromatic heterocycles. The van der Waals surface area contributed by atoms with Gasteiger partial charge in [0.2, 0.25) is 5.91 Å². The lowest BCUT2D eigenvalue weighted by Gasteiger charge is -2.32. The Morgan fingerprint density at radius 1 is 1.11 bits per heavy atom. The highest BCUT2D eigenvalue weighted by Gasteiger charge is 2.34. The van der Waals surface area contributed by atoms with Crippen LogP contribution in [-0.2, 0) is 35.2 Å². The molecule has 1 aliphatic rings.